The van der Waals surface area contributed by atoms with Gasteiger partial charge in [0.2, 0.25) is 0 Å². The largest absolute Gasteiger partial charge is 0.456 e. The van der Waals surface area contributed by atoms with Crippen LogP contribution < -0.4 is 0 Å². The summed E-state index contributed by atoms with van der Waals surface area (Å²) in [6.07, 6.45) is 0. The van der Waals surface area contributed by atoms with E-state index in [4.69, 9.17) is 19.4 Å². The summed E-state index contributed by atoms with van der Waals surface area (Å²) in [6.45, 7) is 0. The molecule has 0 aliphatic rings. The number of hydrogen-bond donors (Lipinski definition) is 0. The number of rotatable bonds is 4. The second-order valence-electron chi connectivity index (χ2n) is 13.6. The minimum atomic E-state index is 0.601. The highest BCUT2D eigenvalue weighted by molar-refractivity contribution is 6.22. The first-order chi connectivity index (χ1) is 26.2. The van der Waals surface area contributed by atoms with Crippen LogP contribution in [0.1, 0.15) is 0 Å². The molecule has 0 saturated carbocycles. The van der Waals surface area contributed by atoms with Crippen molar-refractivity contribution in [1.82, 2.24) is 15.0 Å². The Labute approximate surface area is 304 Å². The molecule has 0 bridgehead atoms. The maximum Gasteiger partial charge on any atom is 0.164 e. The number of hydrogen-bond acceptors (Lipinski definition) is 4. The van der Waals surface area contributed by atoms with Crippen molar-refractivity contribution in [1.29, 1.82) is 0 Å². The lowest BCUT2D eigenvalue weighted by molar-refractivity contribution is 0.669. The Kier molecular flexibility index (Phi) is 6.52. The molecule has 53 heavy (non-hydrogen) atoms. The van der Waals surface area contributed by atoms with Crippen LogP contribution in [0, 0.1) is 0 Å². The molecule has 11 rings (SSSR count). The van der Waals surface area contributed by atoms with E-state index >= 15 is 0 Å². The van der Waals surface area contributed by atoms with Crippen LogP contribution in [0.3, 0.4) is 0 Å². The van der Waals surface area contributed by atoms with Crippen LogP contribution in [-0.4, -0.2) is 15.0 Å². The summed E-state index contributed by atoms with van der Waals surface area (Å²) in [5, 5.41) is 11.6. The number of aromatic nitrogens is 3. The smallest absolute Gasteiger partial charge is 0.164 e. The topological polar surface area (TPSA) is 51.8 Å². The van der Waals surface area contributed by atoms with Gasteiger partial charge in [-0.2, -0.15) is 0 Å². The molecule has 0 fully saturated rings. The Morgan fingerprint density at radius 1 is 0.302 bits per heavy atom. The third kappa shape index (κ3) is 4.80. The highest BCUT2D eigenvalue weighted by Gasteiger charge is 2.19. The van der Waals surface area contributed by atoms with Crippen molar-refractivity contribution in [2.45, 2.75) is 0 Å². The Bertz CT molecular complexity index is 3240. The van der Waals surface area contributed by atoms with Gasteiger partial charge in [0, 0.05) is 27.5 Å². The molecule has 0 radical (unpaired) electrons. The van der Waals surface area contributed by atoms with Crippen LogP contribution in [-0.2, 0) is 0 Å². The number of nitrogens with zero attached hydrogens (tertiary/aromatic N) is 3. The monoisotopic (exact) mass is 675 g/mol. The molecule has 2 aromatic heterocycles. The summed E-state index contributed by atoms with van der Waals surface area (Å²) in [7, 11) is 0. The van der Waals surface area contributed by atoms with Crippen LogP contribution >= 0.6 is 0 Å². The molecule has 9 aromatic carbocycles. The molecule has 0 saturated heterocycles. The van der Waals surface area contributed by atoms with E-state index in [0.29, 0.717) is 17.5 Å². The molecule has 0 spiro atoms. The quantitative estimate of drug-likeness (QED) is 0.174. The fraction of sp³-hybridized carbons (Fsp3) is 0. The van der Waals surface area contributed by atoms with Crippen molar-refractivity contribution in [3.63, 3.8) is 0 Å². The lowest BCUT2D eigenvalue weighted by Crippen LogP contribution is -2.01. The molecule has 4 heteroatoms. The summed E-state index contributed by atoms with van der Waals surface area (Å²) in [4.78, 5) is 15.5. The zero-order valence-corrected chi connectivity index (χ0v) is 28.5. The van der Waals surface area contributed by atoms with Gasteiger partial charge in [-0.3, -0.25) is 0 Å². The first kappa shape index (κ1) is 29.5. The minimum Gasteiger partial charge on any atom is -0.456 e. The van der Waals surface area contributed by atoms with Crippen molar-refractivity contribution in [3.05, 3.63) is 176 Å². The number of fused-ring (bicyclic) bond motifs is 9. The Morgan fingerprint density at radius 3 is 1.83 bits per heavy atom. The first-order valence-corrected chi connectivity index (χ1v) is 17.9. The number of furan rings is 1. The molecule has 0 N–H and O–H groups in total. The van der Waals surface area contributed by atoms with Crippen molar-refractivity contribution in [2.24, 2.45) is 0 Å². The van der Waals surface area contributed by atoms with Gasteiger partial charge in [-0.15, -0.1) is 0 Å². The maximum absolute atomic E-state index is 6.56. The van der Waals surface area contributed by atoms with Crippen molar-refractivity contribution in [2.75, 3.05) is 0 Å². The summed E-state index contributed by atoms with van der Waals surface area (Å²) in [5.74, 6) is 1.85. The van der Waals surface area contributed by atoms with Gasteiger partial charge < -0.3 is 4.42 Å². The molecule has 0 aliphatic heterocycles. The maximum atomic E-state index is 6.56. The second-order valence-corrected chi connectivity index (χ2v) is 13.6. The molecule has 0 unspecified atom stereocenters. The van der Waals surface area contributed by atoms with Crippen molar-refractivity contribution in [3.8, 4) is 45.3 Å². The normalized spacial score (nSPS) is 11.8. The zero-order valence-electron chi connectivity index (χ0n) is 28.5. The molecule has 11 aromatic rings. The average molecular weight is 676 g/mol. The molecule has 2 heterocycles. The van der Waals surface area contributed by atoms with Gasteiger partial charge in [0.25, 0.3) is 0 Å². The lowest BCUT2D eigenvalue weighted by Gasteiger charge is -2.13. The molecule has 0 amide bonds. The first-order valence-electron chi connectivity index (χ1n) is 17.9. The summed E-state index contributed by atoms with van der Waals surface area (Å²) < 4.78 is 6.56. The Hall–Kier alpha value is -7.17. The Morgan fingerprint density at radius 2 is 0.925 bits per heavy atom. The second kappa shape index (κ2) is 11.7. The van der Waals surface area contributed by atoms with Gasteiger partial charge in [-0.25, -0.2) is 15.0 Å². The molecule has 4 nitrogen and oxygen atoms in total. The minimum absolute atomic E-state index is 0.601. The van der Waals surface area contributed by atoms with Gasteiger partial charge >= 0.3 is 0 Å². The van der Waals surface area contributed by atoms with Gasteiger partial charge in [0.05, 0.1) is 0 Å². The van der Waals surface area contributed by atoms with Crippen LogP contribution in [0.5, 0.6) is 0 Å². The SMILES string of the molecule is c1ccc(-c2nc(-c3cccc4c3ccc3ccc5ccccc5c34)nc(-c3cccc4oc5cc(-c6ccc7ccccc7c6)ccc5c34)n2)cc1. The van der Waals surface area contributed by atoms with Crippen molar-refractivity contribution >= 4 is 65.0 Å². The van der Waals surface area contributed by atoms with Gasteiger partial charge in [-0.1, -0.05) is 152 Å². The third-order valence-electron chi connectivity index (χ3n) is 10.5. The summed E-state index contributed by atoms with van der Waals surface area (Å²) >= 11 is 0. The number of benzene rings is 9. The van der Waals surface area contributed by atoms with Gasteiger partial charge in [-0.05, 0) is 78.5 Å². The Balaban J connectivity index is 1.12. The molecular formula is C49H29N3O. The molecule has 0 aliphatic carbocycles. The zero-order chi connectivity index (χ0) is 34.9. The van der Waals surface area contributed by atoms with E-state index < -0.39 is 0 Å². The van der Waals surface area contributed by atoms with E-state index in [2.05, 4.69) is 133 Å². The van der Waals surface area contributed by atoms with E-state index in [9.17, 15) is 0 Å². The van der Waals surface area contributed by atoms with E-state index in [1.807, 2.05) is 42.5 Å². The van der Waals surface area contributed by atoms with Gasteiger partial charge in [0.15, 0.2) is 17.5 Å². The van der Waals surface area contributed by atoms with Crippen LogP contribution in [0.2, 0.25) is 0 Å². The van der Waals surface area contributed by atoms with E-state index in [1.165, 1.54) is 37.7 Å². The fourth-order valence-corrected chi connectivity index (χ4v) is 7.95. The highest BCUT2D eigenvalue weighted by atomic mass is 16.3. The average Bonchev–Trinajstić information content (AvgIpc) is 3.61. The van der Waals surface area contributed by atoms with E-state index in [0.717, 1.165) is 55.1 Å². The molecule has 246 valence electrons. The molecule has 0 atom stereocenters. The van der Waals surface area contributed by atoms with Crippen LogP contribution in [0.4, 0.5) is 0 Å². The van der Waals surface area contributed by atoms with Crippen LogP contribution in [0.15, 0.2) is 180 Å². The molecular weight excluding hydrogens is 647 g/mol. The summed E-state index contributed by atoms with van der Waals surface area (Å²) in [6, 6.07) is 61.6. The summed E-state index contributed by atoms with van der Waals surface area (Å²) in [5.41, 5.74) is 6.66. The highest BCUT2D eigenvalue weighted by Crippen LogP contribution is 2.40. The third-order valence-corrected chi connectivity index (χ3v) is 10.5. The van der Waals surface area contributed by atoms with Gasteiger partial charge in [0.1, 0.15) is 11.2 Å². The van der Waals surface area contributed by atoms with E-state index in [-0.39, 0.29) is 0 Å². The lowest BCUT2D eigenvalue weighted by atomic mass is 9.94. The predicted octanol–water partition coefficient (Wildman–Crippen LogP) is 13.1. The predicted molar refractivity (Wildman–Crippen MR) is 219 cm³/mol. The van der Waals surface area contributed by atoms with Crippen molar-refractivity contribution < 1.29 is 4.42 Å². The van der Waals surface area contributed by atoms with Crippen LogP contribution in [0.25, 0.3) is 110 Å². The standard InChI is InChI=1S/C49H29N3O/c1-2-12-33(13-3-1)47-50-48(40-17-8-16-39-38(40)26-24-32-22-21-31-11-6-7-15-37(31)45(32)39)52-49(51-47)42-18-9-19-43-46(42)41-27-25-36(29-44(41)53-43)35-23-20-30-10-4-5-14-34(30)28-35/h1-29H. The van der Waals surface area contributed by atoms with E-state index in [1.54, 1.807) is 0 Å². The fourth-order valence-electron chi connectivity index (χ4n) is 7.95.